The van der Waals surface area contributed by atoms with Gasteiger partial charge in [0.15, 0.2) is 12.4 Å². The van der Waals surface area contributed by atoms with Crippen molar-refractivity contribution in [3.8, 4) is 0 Å². The topological polar surface area (TPSA) is 108 Å². The summed E-state index contributed by atoms with van der Waals surface area (Å²) in [6.45, 7) is 4.56. The fourth-order valence-electron chi connectivity index (χ4n) is 3.34. The monoisotopic (exact) mass is 415 g/mol. The number of methoxy groups -OCH3 is 2. The summed E-state index contributed by atoms with van der Waals surface area (Å²) in [5.41, 5.74) is 1.91. The van der Waals surface area contributed by atoms with Crippen molar-refractivity contribution in [3.63, 3.8) is 0 Å². The van der Waals surface area contributed by atoms with Crippen molar-refractivity contribution >= 4 is 29.4 Å². The van der Waals surface area contributed by atoms with Crippen LogP contribution in [0.4, 0.5) is 0 Å². The van der Waals surface area contributed by atoms with Crippen molar-refractivity contribution in [1.29, 1.82) is 0 Å². The third-order valence-electron chi connectivity index (χ3n) is 4.97. The average Bonchev–Trinajstić information content (AvgIpc) is 2.75. The summed E-state index contributed by atoms with van der Waals surface area (Å²) in [6.07, 6.45) is 0.836. The van der Waals surface area contributed by atoms with E-state index in [-0.39, 0.29) is 11.3 Å². The van der Waals surface area contributed by atoms with Crippen molar-refractivity contribution in [2.24, 2.45) is 16.8 Å². The van der Waals surface area contributed by atoms with E-state index in [1.807, 2.05) is 19.1 Å². The van der Waals surface area contributed by atoms with Crippen LogP contribution in [-0.2, 0) is 35.0 Å². The molecule has 30 heavy (non-hydrogen) atoms. The normalized spacial score (nSPS) is 18.4. The molecular weight excluding hydrogens is 390 g/mol. The number of rotatable bonds is 7. The molecule has 8 heteroatoms. The Bertz CT molecular complexity index is 912. The lowest BCUT2D eigenvalue weighted by Crippen LogP contribution is -2.42. The Morgan fingerprint density at radius 3 is 2.10 bits per heavy atom. The maximum Gasteiger partial charge on any atom is 0.336 e. The number of nitrogens with zero attached hydrogens (tertiary/aromatic N) is 1. The molecule has 0 amide bonds. The summed E-state index contributed by atoms with van der Waals surface area (Å²) in [6, 6.07) is 6.97. The summed E-state index contributed by atoms with van der Waals surface area (Å²) >= 11 is 0. The Balaban J connectivity index is 2.27. The molecular formula is C22H25NO7. The molecule has 0 fully saturated rings. The number of carbonyl (C=O) groups is 4. The SMILES string of the molecule is CCc1ccc(C(=O)COC(=O)[C@H]2C(C(=O)OC)=C(C)N=C(C)C2C(=O)OC)cc1. The van der Waals surface area contributed by atoms with Gasteiger partial charge in [-0.05, 0) is 25.8 Å². The highest BCUT2D eigenvalue weighted by atomic mass is 16.5. The zero-order chi connectivity index (χ0) is 22.4. The minimum Gasteiger partial charge on any atom is -0.468 e. The lowest BCUT2D eigenvalue weighted by atomic mass is 9.80. The molecule has 0 N–H and O–H groups in total. The number of esters is 3. The first-order valence-corrected chi connectivity index (χ1v) is 9.45. The Labute approximate surface area is 174 Å². The van der Waals surface area contributed by atoms with Crippen molar-refractivity contribution in [3.05, 3.63) is 46.7 Å². The van der Waals surface area contributed by atoms with E-state index < -0.39 is 42.1 Å². The van der Waals surface area contributed by atoms with Crippen LogP contribution in [-0.4, -0.2) is 50.2 Å². The molecule has 1 aromatic carbocycles. The van der Waals surface area contributed by atoms with Crippen LogP contribution in [0.25, 0.3) is 0 Å². The number of hydrogen-bond acceptors (Lipinski definition) is 8. The van der Waals surface area contributed by atoms with E-state index in [4.69, 9.17) is 14.2 Å². The van der Waals surface area contributed by atoms with Crippen LogP contribution in [0.2, 0.25) is 0 Å². The van der Waals surface area contributed by atoms with Crippen molar-refractivity contribution < 1.29 is 33.4 Å². The molecule has 0 aliphatic carbocycles. The summed E-state index contributed by atoms with van der Waals surface area (Å²) in [4.78, 5) is 54.1. The van der Waals surface area contributed by atoms with E-state index in [1.165, 1.54) is 14.0 Å². The van der Waals surface area contributed by atoms with Gasteiger partial charge in [0, 0.05) is 17.0 Å². The van der Waals surface area contributed by atoms with E-state index in [0.29, 0.717) is 11.3 Å². The highest BCUT2D eigenvalue weighted by Gasteiger charge is 2.46. The van der Waals surface area contributed by atoms with Crippen LogP contribution in [0.1, 0.15) is 36.7 Å². The molecule has 0 saturated heterocycles. The third kappa shape index (κ3) is 4.82. The molecule has 1 aliphatic heterocycles. The van der Waals surface area contributed by atoms with Crippen molar-refractivity contribution in [2.75, 3.05) is 20.8 Å². The van der Waals surface area contributed by atoms with E-state index in [1.54, 1.807) is 19.1 Å². The van der Waals surface area contributed by atoms with Gasteiger partial charge in [-0.25, -0.2) is 4.79 Å². The molecule has 0 aromatic heterocycles. The maximum atomic E-state index is 12.9. The second-order valence-corrected chi connectivity index (χ2v) is 6.80. The fraction of sp³-hybridized carbons (Fsp3) is 0.409. The highest BCUT2D eigenvalue weighted by Crippen LogP contribution is 2.33. The van der Waals surface area contributed by atoms with Gasteiger partial charge in [-0.2, -0.15) is 0 Å². The zero-order valence-electron chi connectivity index (χ0n) is 17.7. The number of carbonyl (C=O) groups excluding carboxylic acids is 4. The van der Waals surface area contributed by atoms with Crippen LogP contribution in [0.15, 0.2) is 40.5 Å². The fourth-order valence-corrected chi connectivity index (χ4v) is 3.34. The van der Waals surface area contributed by atoms with Gasteiger partial charge in [-0.3, -0.25) is 19.4 Å². The van der Waals surface area contributed by atoms with Crippen LogP contribution >= 0.6 is 0 Å². The van der Waals surface area contributed by atoms with E-state index in [9.17, 15) is 19.2 Å². The molecule has 0 bridgehead atoms. The quantitative estimate of drug-likeness (QED) is 0.382. The minimum absolute atomic E-state index is 0.0942. The number of Topliss-reactive ketones (excluding diaryl/α,β-unsaturated/α-hetero) is 1. The molecule has 2 atom stereocenters. The van der Waals surface area contributed by atoms with Gasteiger partial charge < -0.3 is 14.2 Å². The largest absolute Gasteiger partial charge is 0.468 e. The third-order valence-corrected chi connectivity index (χ3v) is 4.97. The number of aryl methyl sites for hydroxylation is 1. The summed E-state index contributed by atoms with van der Waals surface area (Å²) < 4.78 is 14.8. The highest BCUT2D eigenvalue weighted by molar-refractivity contribution is 6.10. The molecule has 160 valence electrons. The standard InChI is InChI=1S/C22H25NO7/c1-6-14-7-9-15(10-8-14)16(24)11-30-22(27)19-17(20(25)28-4)12(2)23-13(3)18(19)21(26)29-5/h7-10,17,19H,6,11H2,1-5H3/t17?,19-/m1/s1. The van der Waals surface area contributed by atoms with Gasteiger partial charge in [0.1, 0.15) is 11.8 Å². The van der Waals surface area contributed by atoms with Crippen molar-refractivity contribution in [2.45, 2.75) is 27.2 Å². The van der Waals surface area contributed by atoms with Gasteiger partial charge in [-0.1, -0.05) is 31.2 Å². The van der Waals surface area contributed by atoms with Gasteiger partial charge in [0.05, 0.1) is 19.8 Å². The second-order valence-electron chi connectivity index (χ2n) is 6.80. The zero-order valence-corrected chi connectivity index (χ0v) is 17.7. The summed E-state index contributed by atoms with van der Waals surface area (Å²) in [7, 11) is 2.33. The van der Waals surface area contributed by atoms with Gasteiger partial charge in [0.25, 0.3) is 0 Å². The average molecular weight is 415 g/mol. The molecule has 1 aromatic rings. The first-order valence-electron chi connectivity index (χ1n) is 9.45. The molecule has 1 aliphatic rings. The van der Waals surface area contributed by atoms with E-state index in [0.717, 1.165) is 19.1 Å². The van der Waals surface area contributed by atoms with Crippen LogP contribution in [0, 0.1) is 11.8 Å². The predicted octanol–water partition coefficient (Wildman–Crippen LogP) is 2.30. The van der Waals surface area contributed by atoms with E-state index >= 15 is 0 Å². The second kappa shape index (κ2) is 9.96. The molecule has 1 unspecified atom stereocenters. The molecule has 0 spiro atoms. The summed E-state index contributed by atoms with van der Waals surface area (Å²) in [5.74, 6) is -5.33. The van der Waals surface area contributed by atoms with Gasteiger partial charge >= 0.3 is 17.9 Å². The van der Waals surface area contributed by atoms with Crippen molar-refractivity contribution in [1.82, 2.24) is 0 Å². The van der Waals surface area contributed by atoms with E-state index in [2.05, 4.69) is 4.99 Å². The number of ketones is 1. The van der Waals surface area contributed by atoms with Gasteiger partial charge in [0.2, 0.25) is 0 Å². The number of hydrogen-bond donors (Lipinski definition) is 0. The maximum absolute atomic E-state index is 12.9. The number of benzene rings is 1. The first-order chi connectivity index (χ1) is 14.2. The van der Waals surface area contributed by atoms with Gasteiger partial charge in [-0.15, -0.1) is 0 Å². The number of aliphatic imine (C=N–C) groups is 1. The predicted molar refractivity (Wildman–Crippen MR) is 108 cm³/mol. The molecule has 2 rings (SSSR count). The lowest BCUT2D eigenvalue weighted by Gasteiger charge is -2.29. The Kier molecular flexibility index (Phi) is 7.63. The van der Waals surface area contributed by atoms with Crippen LogP contribution in [0.5, 0.6) is 0 Å². The number of ether oxygens (including phenoxy) is 3. The molecule has 1 heterocycles. The molecule has 8 nitrogen and oxygen atoms in total. The Morgan fingerprint density at radius 1 is 0.933 bits per heavy atom. The first kappa shape index (κ1) is 23.0. The van der Waals surface area contributed by atoms with Crippen LogP contribution < -0.4 is 0 Å². The number of allylic oxidation sites excluding steroid dienone is 1. The lowest BCUT2D eigenvalue weighted by molar-refractivity contribution is -0.156. The van der Waals surface area contributed by atoms with Crippen LogP contribution in [0.3, 0.4) is 0 Å². The smallest absolute Gasteiger partial charge is 0.336 e. The molecule has 0 radical (unpaired) electrons. The minimum atomic E-state index is -1.32. The summed E-state index contributed by atoms with van der Waals surface area (Å²) in [5, 5.41) is 0. The Morgan fingerprint density at radius 2 is 1.57 bits per heavy atom. The molecule has 0 saturated carbocycles. The Hall–Kier alpha value is -3.29.